The Hall–Kier alpha value is -2.69. The first-order valence-corrected chi connectivity index (χ1v) is 10.4. The van der Waals surface area contributed by atoms with Crippen molar-refractivity contribution in [2.24, 2.45) is 21.7 Å². The zero-order chi connectivity index (χ0) is 20.4. The van der Waals surface area contributed by atoms with E-state index in [1.807, 2.05) is 47.4 Å². The Morgan fingerprint density at radius 3 is 2.55 bits per heavy atom. The average Bonchev–Trinajstić information content (AvgIpc) is 3.30. The van der Waals surface area contributed by atoms with E-state index in [1.165, 1.54) is 0 Å². The standard InChI is InChI=1S/C24H27N3O2/c1-23(2)17-12-13-24(23,3)20-19(17)27(21(26-20)18-7-5-6-14-25-18)22(28)15-8-10-16(29-4)11-9-15/h5-11,14,17,19-20H,12-13H2,1-4H3/t17-,19-,20-,24+/m1/s1. The molecule has 3 aliphatic rings. The van der Waals surface area contributed by atoms with Crippen LogP contribution in [0.25, 0.3) is 0 Å². The Morgan fingerprint density at radius 2 is 1.90 bits per heavy atom. The average molecular weight is 389 g/mol. The van der Waals surface area contributed by atoms with Gasteiger partial charge in [0.1, 0.15) is 11.4 Å². The number of benzene rings is 1. The fraction of sp³-hybridized carbons (Fsp3) is 0.458. The molecular weight excluding hydrogens is 362 g/mol. The number of amides is 1. The van der Waals surface area contributed by atoms with Crippen molar-refractivity contribution in [1.29, 1.82) is 0 Å². The van der Waals surface area contributed by atoms with Crippen molar-refractivity contribution in [2.75, 3.05) is 7.11 Å². The van der Waals surface area contributed by atoms with Crippen LogP contribution < -0.4 is 4.74 Å². The van der Waals surface area contributed by atoms with Crippen LogP contribution in [-0.4, -0.2) is 40.8 Å². The monoisotopic (exact) mass is 389 g/mol. The molecule has 0 saturated heterocycles. The summed E-state index contributed by atoms with van der Waals surface area (Å²) in [7, 11) is 1.63. The van der Waals surface area contributed by atoms with Gasteiger partial charge in [-0.3, -0.25) is 19.7 Å². The highest BCUT2D eigenvalue weighted by Gasteiger charge is 2.70. The number of rotatable bonds is 3. The van der Waals surface area contributed by atoms with Crippen LogP contribution in [0.1, 0.15) is 49.7 Å². The third kappa shape index (κ3) is 2.36. The molecule has 5 nitrogen and oxygen atoms in total. The molecule has 5 rings (SSSR count). The van der Waals surface area contributed by atoms with Crippen molar-refractivity contribution >= 4 is 11.7 Å². The number of fused-ring (bicyclic) bond motifs is 5. The summed E-state index contributed by atoms with van der Waals surface area (Å²) in [5.41, 5.74) is 1.67. The molecule has 2 heterocycles. The van der Waals surface area contributed by atoms with Gasteiger partial charge in [-0.2, -0.15) is 0 Å². The first kappa shape index (κ1) is 18.3. The van der Waals surface area contributed by atoms with Gasteiger partial charge in [-0.15, -0.1) is 0 Å². The molecule has 2 aromatic rings. The second-order valence-corrected chi connectivity index (χ2v) is 9.29. The number of hydrogen-bond donors (Lipinski definition) is 0. The second kappa shape index (κ2) is 6.15. The number of carbonyl (C=O) groups excluding carboxylic acids is 1. The van der Waals surface area contributed by atoms with E-state index in [0.717, 1.165) is 30.1 Å². The zero-order valence-corrected chi connectivity index (χ0v) is 17.4. The molecule has 1 aromatic carbocycles. The number of amidine groups is 1. The highest BCUT2D eigenvalue weighted by molar-refractivity contribution is 6.13. The highest BCUT2D eigenvalue weighted by Crippen LogP contribution is 2.68. The Balaban J connectivity index is 1.61. The molecule has 1 amide bonds. The molecule has 2 fully saturated rings. The molecule has 0 spiro atoms. The van der Waals surface area contributed by atoms with Gasteiger partial charge in [0.05, 0.1) is 19.2 Å². The normalized spacial score (nSPS) is 31.5. The van der Waals surface area contributed by atoms with Crippen molar-refractivity contribution < 1.29 is 9.53 Å². The molecule has 0 unspecified atom stereocenters. The number of aliphatic imine (C=N–C) groups is 1. The van der Waals surface area contributed by atoms with E-state index in [1.54, 1.807) is 13.3 Å². The molecule has 1 aromatic heterocycles. The van der Waals surface area contributed by atoms with Crippen LogP contribution in [0.4, 0.5) is 0 Å². The first-order chi connectivity index (χ1) is 13.9. The van der Waals surface area contributed by atoms with Gasteiger partial charge >= 0.3 is 0 Å². The van der Waals surface area contributed by atoms with Crippen molar-refractivity contribution in [2.45, 2.75) is 45.7 Å². The maximum Gasteiger partial charge on any atom is 0.259 e. The molecule has 5 heteroatoms. The Morgan fingerprint density at radius 1 is 1.14 bits per heavy atom. The minimum Gasteiger partial charge on any atom is -0.497 e. The smallest absolute Gasteiger partial charge is 0.259 e. The van der Waals surface area contributed by atoms with E-state index in [9.17, 15) is 4.79 Å². The third-order valence-electron chi connectivity index (χ3n) is 8.00. The fourth-order valence-corrected chi connectivity index (χ4v) is 5.95. The van der Waals surface area contributed by atoms with Crippen molar-refractivity contribution in [3.8, 4) is 5.75 Å². The van der Waals surface area contributed by atoms with Gasteiger partial charge in [-0.25, -0.2) is 0 Å². The second-order valence-electron chi connectivity index (χ2n) is 9.29. The van der Waals surface area contributed by atoms with E-state index in [2.05, 4.69) is 25.8 Å². The topological polar surface area (TPSA) is 54.8 Å². The lowest BCUT2D eigenvalue weighted by Crippen LogP contribution is -2.48. The van der Waals surface area contributed by atoms with Crippen LogP contribution in [0, 0.1) is 16.7 Å². The number of ether oxygens (including phenoxy) is 1. The van der Waals surface area contributed by atoms with Gasteiger partial charge < -0.3 is 4.74 Å². The molecule has 4 atom stereocenters. The predicted octanol–water partition coefficient (Wildman–Crippen LogP) is 4.19. The van der Waals surface area contributed by atoms with Gasteiger partial charge in [0.2, 0.25) is 0 Å². The molecule has 29 heavy (non-hydrogen) atoms. The summed E-state index contributed by atoms with van der Waals surface area (Å²) >= 11 is 0. The first-order valence-electron chi connectivity index (χ1n) is 10.4. The Bertz CT molecular complexity index is 983. The molecule has 2 bridgehead atoms. The van der Waals surface area contributed by atoms with Crippen LogP contribution in [0.2, 0.25) is 0 Å². The van der Waals surface area contributed by atoms with Crippen molar-refractivity contribution in [1.82, 2.24) is 9.88 Å². The van der Waals surface area contributed by atoms with Crippen LogP contribution in [0.3, 0.4) is 0 Å². The van der Waals surface area contributed by atoms with Gasteiger partial charge in [0.15, 0.2) is 5.84 Å². The number of carbonyl (C=O) groups is 1. The van der Waals surface area contributed by atoms with Gasteiger partial charge in [-0.1, -0.05) is 26.8 Å². The molecule has 2 saturated carbocycles. The Labute approximate surface area is 171 Å². The van der Waals surface area contributed by atoms with Gasteiger partial charge in [0, 0.05) is 11.8 Å². The summed E-state index contributed by atoms with van der Waals surface area (Å²) in [5, 5.41) is 0. The van der Waals surface area contributed by atoms with Crippen molar-refractivity contribution in [3.05, 3.63) is 59.9 Å². The fourth-order valence-electron chi connectivity index (χ4n) is 5.95. The summed E-state index contributed by atoms with van der Waals surface area (Å²) in [6.45, 7) is 7.07. The van der Waals surface area contributed by atoms with E-state index in [0.29, 0.717) is 11.5 Å². The van der Waals surface area contributed by atoms with Gasteiger partial charge in [0.25, 0.3) is 5.91 Å². The number of pyridine rings is 1. The number of methoxy groups -OCH3 is 1. The summed E-state index contributed by atoms with van der Waals surface area (Å²) in [6, 6.07) is 13.4. The summed E-state index contributed by atoms with van der Waals surface area (Å²) in [4.78, 5) is 25.4. The molecule has 1 aliphatic heterocycles. The number of nitrogens with zero attached hydrogens (tertiary/aromatic N) is 3. The number of hydrogen-bond acceptors (Lipinski definition) is 4. The van der Waals surface area contributed by atoms with Crippen LogP contribution >= 0.6 is 0 Å². The highest BCUT2D eigenvalue weighted by atomic mass is 16.5. The SMILES string of the molecule is COc1ccc(C(=O)N2C(c3ccccn3)=N[C@@H]3[C@H]2[C@H]2CC[C@]3(C)C2(C)C)cc1. The van der Waals surface area contributed by atoms with Crippen LogP contribution in [-0.2, 0) is 0 Å². The molecular formula is C24H27N3O2. The quantitative estimate of drug-likeness (QED) is 0.791. The van der Waals surface area contributed by atoms with Gasteiger partial charge in [-0.05, 0) is 66.0 Å². The lowest BCUT2D eigenvalue weighted by atomic mass is 9.69. The summed E-state index contributed by atoms with van der Waals surface area (Å²) in [6.07, 6.45) is 4.07. The van der Waals surface area contributed by atoms with Crippen molar-refractivity contribution in [3.63, 3.8) is 0 Å². The molecule has 150 valence electrons. The maximum absolute atomic E-state index is 13.7. The molecule has 0 N–H and O–H groups in total. The Kier molecular flexibility index (Phi) is 3.89. The van der Waals surface area contributed by atoms with E-state index >= 15 is 0 Å². The third-order valence-corrected chi connectivity index (χ3v) is 8.00. The lowest BCUT2D eigenvalue weighted by molar-refractivity contribution is 0.0757. The number of aromatic nitrogens is 1. The van der Waals surface area contributed by atoms with E-state index in [-0.39, 0.29) is 28.8 Å². The predicted molar refractivity (Wildman–Crippen MR) is 112 cm³/mol. The molecule has 0 radical (unpaired) electrons. The van der Waals surface area contributed by atoms with Crippen LogP contribution in [0.5, 0.6) is 5.75 Å². The minimum atomic E-state index is -0.00324. The molecule has 2 aliphatic carbocycles. The summed E-state index contributed by atoms with van der Waals surface area (Å²) < 4.78 is 5.26. The van der Waals surface area contributed by atoms with E-state index in [4.69, 9.17) is 9.73 Å². The largest absolute Gasteiger partial charge is 0.497 e. The minimum absolute atomic E-state index is 0.00324. The summed E-state index contributed by atoms with van der Waals surface area (Å²) in [5.74, 6) is 1.89. The maximum atomic E-state index is 13.7. The van der Waals surface area contributed by atoms with E-state index < -0.39 is 0 Å². The lowest BCUT2D eigenvalue weighted by Gasteiger charge is -2.36. The van der Waals surface area contributed by atoms with Crippen LogP contribution in [0.15, 0.2) is 53.7 Å². The zero-order valence-electron chi connectivity index (χ0n) is 17.4.